The Bertz CT molecular complexity index is 206. The fourth-order valence-corrected chi connectivity index (χ4v) is 2.49. The minimum Gasteiger partial charge on any atom is -0.330 e. The van der Waals surface area contributed by atoms with Gasteiger partial charge in [-0.1, -0.05) is 82.6 Å². The molecule has 0 fully saturated rings. The molecule has 0 aliphatic rings. The van der Waals surface area contributed by atoms with Crippen LogP contribution in [0.3, 0.4) is 0 Å². The van der Waals surface area contributed by atoms with Gasteiger partial charge in [0.2, 0.25) is 0 Å². The first-order valence-electron chi connectivity index (χ1n) is 9.42. The third-order valence-corrected chi connectivity index (χ3v) is 3.90. The first kappa shape index (κ1) is 20.4. The molecule has 0 spiro atoms. The molecule has 0 rings (SSSR count). The Balaban J connectivity index is 3.14. The minimum atomic E-state index is 0.852. The summed E-state index contributed by atoms with van der Waals surface area (Å²) in [7, 11) is 0. The van der Waals surface area contributed by atoms with Crippen LogP contribution in [0.1, 0.15) is 96.8 Å². The maximum Gasteiger partial charge on any atom is -0.00773 e. The zero-order chi connectivity index (χ0) is 15.4. The Hall–Kier alpha value is -0.560. The van der Waals surface area contributed by atoms with Crippen LogP contribution in [-0.2, 0) is 0 Å². The quantitative estimate of drug-likeness (QED) is 0.254. The lowest BCUT2D eigenvalue weighted by Gasteiger charge is -1.97. The van der Waals surface area contributed by atoms with Gasteiger partial charge in [-0.05, 0) is 45.1 Å². The van der Waals surface area contributed by atoms with Crippen LogP contribution in [0.5, 0.6) is 0 Å². The molecule has 0 saturated carbocycles. The Kier molecular flexibility index (Phi) is 18.9. The van der Waals surface area contributed by atoms with Crippen molar-refractivity contribution < 1.29 is 0 Å². The number of hydrogen-bond acceptors (Lipinski definition) is 1. The number of rotatable bonds is 16. The van der Waals surface area contributed by atoms with Crippen LogP contribution in [0.15, 0.2) is 24.3 Å². The molecule has 0 heterocycles. The largest absolute Gasteiger partial charge is 0.330 e. The zero-order valence-electron chi connectivity index (χ0n) is 14.5. The lowest BCUT2D eigenvalue weighted by atomic mass is 10.1. The van der Waals surface area contributed by atoms with E-state index in [9.17, 15) is 0 Å². The Morgan fingerprint density at radius 3 is 1.57 bits per heavy atom. The molecule has 124 valence electrons. The van der Waals surface area contributed by atoms with E-state index in [1.807, 2.05) is 0 Å². The Labute approximate surface area is 134 Å². The predicted octanol–water partition coefficient (Wildman–Crippen LogP) is 6.54. The fraction of sp³-hybridized carbons (Fsp3) is 0.800. The van der Waals surface area contributed by atoms with Crippen LogP contribution in [0.2, 0.25) is 0 Å². The Morgan fingerprint density at radius 1 is 0.571 bits per heavy atom. The molecule has 21 heavy (non-hydrogen) atoms. The van der Waals surface area contributed by atoms with Crippen molar-refractivity contribution >= 4 is 0 Å². The predicted molar refractivity (Wildman–Crippen MR) is 97.6 cm³/mol. The van der Waals surface area contributed by atoms with Crippen molar-refractivity contribution in [2.75, 3.05) is 6.54 Å². The molecule has 1 heteroatoms. The van der Waals surface area contributed by atoms with Crippen LogP contribution in [0.25, 0.3) is 0 Å². The van der Waals surface area contributed by atoms with Gasteiger partial charge in [0, 0.05) is 0 Å². The Morgan fingerprint density at radius 2 is 1.05 bits per heavy atom. The summed E-state index contributed by atoms with van der Waals surface area (Å²) in [4.78, 5) is 0. The normalized spacial score (nSPS) is 11.9. The molecule has 0 aromatic heterocycles. The van der Waals surface area contributed by atoms with Crippen LogP contribution < -0.4 is 5.73 Å². The summed E-state index contributed by atoms with van der Waals surface area (Å²) in [6.45, 7) is 3.13. The van der Waals surface area contributed by atoms with E-state index < -0.39 is 0 Å². The first-order chi connectivity index (χ1) is 10.4. The average Bonchev–Trinajstić information content (AvgIpc) is 2.50. The standard InChI is InChI=1S/C20H39N/c1-2-3-4-5-6-7-8-9-10-11-12-13-14-15-16-17-18-19-20-21/h9-10,12-13H,2-8,11,14-21H2,1H3/b10-9+,13-12+. The van der Waals surface area contributed by atoms with E-state index in [0.29, 0.717) is 0 Å². The molecule has 0 aliphatic carbocycles. The second kappa shape index (κ2) is 19.4. The molecule has 0 aromatic carbocycles. The molecule has 1 nitrogen and oxygen atoms in total. The van der Waals surface area contributed by atoms with Gasteiger partial charge in [0.1, 0.15) is 0 Å². The molecule has 0 radical (unpaired) electrons. The van der Waals surface area contributed by atoms with Crippen LogP contribution >= 0.6 is 0 Å². The highest BCUT2D eigenvalue weighted by molar-refractivity contribution is 4.92. The number of unbranched alkanes of at least 4 members (excludes halogenated alkanes) is 11. The van der Waals surface area contributed by atoms with Gasteiger partial charge < -0.3 is 5.73 Å². The van der Waals surface area contributed by atoms with Crippen LogP contribution in [0.4, 0.5) is 0 Å². The van der Waals surface area contributed by atoms with Gasteiger partial charge in [0.05, 0.1) is 0 Å². The maximum atomic E-state index is 5.48. The molecule has 0 aromatic rings. The van der Waals surface area contributed by atoms with Gasteiger partial charge >= 0.3 is 0 Å². The SMILES string of the molecule is CCCCCCCC/C=C/C/C=C/CCCCCCCN. The van der Waals surface area contributed by atoms with E-state index in [1.54, 1.807) is 0 Å². The van der Waals surface area contributed by atoms with E-state index in [2.05, 4.69) is 31.2 Å². The molecule has 0 aliphatic heterocycles. The monoisotopic (exact) mass is 293 g/mol. The molecule has 0 saturated heterocycles. The highest BCUT2D eigenvalue weighted by Gasteiger charge is 1.88. The third kappa shape index (κ3) is 19.4. The van der Waals surface area contributed by atoms with Crippen LogP contribution in [0, 0.1) is 0 Å². The first-order valence-corrected chi connectivity index (χ1v) is 9.42. The van der Waals surface area contributed by atoms with Crippen molar-refractivity contribution in [3.05, 3.63) is 24.3 Å². The van der Waals surface area contributed by atoms with Gasteiger partial charge in [-0.2, -0.15) is 0 Å². The third-order valence-electron chi connectivity index (χ3n) is 3.90. The van der Waals surface area contributed by atoms with E-state index in [0.717, 1.165) is 13.0 Å². The number of hydrogen-bond donors (Lipinski definition) is 1. The molecule has 0 atom stereocenters. The van der Waals surface area contributed by atoms with Crippen molar-refractivity contribution in [2.45, 2.75) is 96.8 Å². The van der Waals surface area contributed by atoms with E-state index >= 15 is 0 Å². The summed E-state index contributed by atoms with van der Waals surface area (Å²) < 4.78 is 0. The fourth-order valence-electron chi connectivity index (χ4n) is 2.49. The van der Waals surface area contributed by atoms with Crippen molar-refractivity contribution in [3.8, 4) is 0 Å². The van der Waals surface area contributed by atoms with Crippen molar-refractivity contribution in [2.24, 2.45) is 5.73 Å². The highest BCUT2D eigenvalue weighted by Crippen LogP contribution is 2.08. The van der Waals surface area contributed by atoms with Gasteiger partial charge in [0.25, 0.3) is 0 Å². The summed E-state index contributed by atoms with van der Waals surface area (Å²) in [5.74, 6) is 0. The molecular formula is C20H39N. The summed E-state index contributed by atoms with van der Waals surface area (Å²) in [6.07, 6.45) is 27.9. The summed E-state index contributed by atoms with van der Waals surface area (Å²) in [6, 6.07) is 0. The van der Waals surface area contributed by atoms with E-state index in [-0.39, 0.29) is 0 Å². The molecule has 0 bridgehead atoms. The number of allylic oxidation sites excluding steroid dienone is 4. The van der Waals surface area contributed by atoms with Gasteiger partial charge in [-0.15, -0.1) is 0 Å². The topological polar surface area (TPSA) is 26.0 Å². The zero-order valence-corrected chi connectivity index (χ0v) is 14.5. The lowest BCUT2D eigenvalue weighted by Crippen LogP contribution is -1.97. The van der Waals surface area contributed by atoms with Gasteiger partial charge in [-0.3, -0.25) is 0 Å². The van der Waals surface area contributed by atoms with Gasteiger partial charge in [-0.25, -0.2) is 0 Å². The van der Waals surface area contributed by atoms with Crippen molar-refractivity contribution in [1.82, 2.24) is 0 Å². The van der Waals surface area contributed by atoms with E-state index in [4.69, 9.17) is 5.73 Å². The maximum absolute atomic E-state index is 5.48. The van der Waals surface area contributed by atoms with Crippen molar-refractivity contribution in [3.63, 3.8) is 0 Å². The minimum absolute atomic E-state index is 0.852. The summed E-state index contributed by atoms with van der Waals surface area (Å²) in [5.41, 5.74) is 5.48. The lowest BCUT2D eigenvalue weighted by molar-refractivity contribution is 0.611. The second-order valence-electron chi connectivity index (χ2n) is 6.08. The summed E-state index contributed by atoms with van der Waals surface area (Å²) in [5, 5.41) is 0. The highest BCUT2D eigenvalue weighted by atomic mass is 14.5. The molecule has 2 N–H and O–H groups in total. The smallest absolute Gasteiger partial charge is 0.00773 e. The number of nitrogens with two attached hydrogens (primary N) is 1. The van der Waals surface area contributed by atoms with Crippen molar-refractivity contribution in [1.29, 1.82) is 0 Å². The molecular weight excluding hydrogens is 254 g/mol. The molecule has 0 unspecified atom stereocenters. The van der Waals surface area contributed by atoms with E-state index in [1.165, 1.54) is 83.5 Å². The average molecular weight is 294 g/mol. The molecule has 0 amide bonds. The second-order valence-corrected chi connectivity index (χ2v) is 6.08. The van der Waals surface area contributed by atoms with Crippen LogP contribution in [-0.4, -0.2) is 6.54 Å². The summed E-state index contributed by atoms with van der Waals surface area (Å²) >= 11 is 0. The van der Waals surface area contributed by atoms with Gasteiger partial charge in [0.15, 0.2) is 0 Å².